The van der Waals surface area contributed by atoms with Gasteiger partial charge in [-0.15, -0.1) is 11.3 Å². The molecule has 2 aromatic carbocycles. The van der Waals surface area contributed by atoms with E-state index in [4.69, 9.17) is 5.11 Å². The molecular formula is C26H24N2O4S. The summed E-state index contributed by atoms with van der Waals surface area (Å²) < 4.78 is 0. The Morgan fingerprint density at radius 2 is 1.97 bits per heavy atom. The van der Waals surface area contributed by atoms with Crippen LogP contribution in [0.3, 0.4) is 0 Å². The number of aliphatic hydroxyl groups excluding tert-OH is 2. The van der Waals surface area contributed by atoms with Gasteiger partial charge in [-0.2, -0.15) is 0 Å². The van der Waals surface area contributed by atoms with Crippen LogP contribution in [0.4, 0.5) is 11.4 Å². The van der Waals surface area contributed by atoms with Crippen LogP contribution in [-0.4, -0.2) is 34.7 Å². The van der Waals surface area contributed by atoms with Crippen LogP contribution in [0.5, 0.6) is 0 Å². The Morgan fingerprint density at radius 1 is 1.15 bits per heavy atom. The Kier molecular flexibility index (Phi) is 5.62. The van der Waals surface area contributed by atoms with Crippen molar-refractivity contribution in [2.75, 3.05) is 17.2 Å². The number of allylic oxidation sites excluding steroid dienone is 1. The number of benzene rings is 2. The highest BCUT2D eigenvalue weighted by Gasteiger charge is 2.42. The van der Waals surface area contributed by atoms with Crippen molar-refractivity contribution < 1.29 is 19.8 Å². The first kappa shape index (κ1) is 21.6. The molecule has 168 valence electrons. The quantitative estimate of drug-likeness (QED) is 0.450. The van der Waals surface area contributed by atoms with Crippen LogP contribution in [0.1, 0.15) is 39.0 Å². The van der Waals surface area contributed by atoms with Gasteiger partial charge in [-0.1, -0.05) is 35.9 Å². The lowest BCUT2D eigenvalue weighted by Crippen LogP contribution is -2.30. The molecule has 3 atom stereocenters. The number of thiophene rings is 1. The van der Waals surface area contributed by atoms with E-state index in [1.54, 1.807) is 29.5 Å². The summed E-state index contributed by atoms with van der Waals surface area (Å²) in [5, 5.41) is 26.3. The Morgan fingerprint density at radius 3 is 2.73 bits per heavy atom. The van der Waals surface area contributed by atoms with Crippen LogP contribution >= 0.6 is 11.3 Å². The van der Waals surface area contributed by atoms with Crippen LogP contribution < -0.4 is 10.6 Å². The number of amides is 2. The number of aliphatic hydroxyl groups is 2. The summed E-state index contributed by atoms with van der Waals surface area (Å²) in [6.07, 6.45) is 1.48. The Hall–Kier alpha value is -3.26. The average molecular weight is 461 g/mol. The first-order chi connectivity index (χ1) is 16.0. The normalized spacial score (nSPS) is 19.5. The molecule has 0 spiro atoms. The number of nitrogens with one attached hydrogen (secondary N) is 2. The highest BCUT2D eigenvalue weighted by Crippen LogP contribution is 2.51. The third-order valence-corrected chi connectivity index (χ3v) is 7.43. The maximum atomic E-state index is 13.2. The minimum atomic E-state index is -1.50. The van der Waals surface area contributed by atoms with Crippen molar-refractivity contribution >= 4 is 40.6 Å². The summed E-state index contributed by atoms with van der Waals surface area (Å²) in [7, 11) is 0. The minimum absolute atomic E-state index is 0.0700. The lowest BCUT2D eigenvalue weighted by atomic mass is 9.78. The molecule has 4 N–H and O–H groups in total. The summed E-state index contributed by atoms with van der Waals surface area (Å²) in [6.45, 7) is 1.45. The van der Waals surface area contributed by atoms with E-state index >= 15 is 0 Å². The van der Waals surface area contributed by atoms with Gasteiger partial charge in [-0.3, -0.25) is 9.59 Å². The topological polar surface area (TPSA) is 98.7 Å². The zero-order valence-corrected chi connectivity index (χ0v) is 18.9. The van der Waals surface area contributed by atoms with Crippen molar-refractivity contribution in [3.63, 3.8) is 0 Å². The van der Waals surface area contributed by atoms with E-state index in [0.717, 1.165) is 28.8 Å². The molecule has 33 heavy (non-hydrogen) atoms. The number of rotatable bonds is 6. The molecule has 3 aromatic rings. The Labute approximate surface area is 195 Å². The molecular weight excluding hydrogens is 436 g/mol. The zero-order valence-electron chi connectivity index (χ0n) is 18.0. The maximum absolute atomic E-state index is 13.2. The molecule has 0 saturated heterocycles. The second-order valence-corrected chi connectivity index (χ2v) is 9.49. The molecule has 0 bridgehead atoms. The third kappa shape index (κ3) is 3.88. The summed E-state index contributed by atoms with van der Waals surface area (Å²) in [4.78, 5) is 26.6. The van der Waals surface area contributed by atoms with Crippen LogP contribution in [0.15, 0.2) is 59.5 Å². The second kappa shape index (κ2) is 8.59. The maximum Gasteiger partial charge on any atom is 0.255 e. The van der Waals surface area contributed by atoms with E-state index in [9.17, 15) is 14.7 Å². The molecule has 3 unspecified atom stereocenters. The van der Waals surface area contributed by atoms with Gasteiger partial charge in [-0.05, 0) is 58.8 Å². The number of hydrogen-bond donors (Lipinski definition) is 4. The fourth-order valence-electron chi connectivity index (χ4n) is 4.74. The van der Waals surface area contributed by atoms with Crippen LogP contribution in [-0.2, 0) is 16.0 Å². The minimum Gasteiger partial charge on any atom is -0.393 e. The number of carbonyl (C=O) groups is 2. The third-order valence-electron chi connectivity index (χ3n) is 6.41. The highest BCUT2D eigenvalue weighted by atomic mass is 32.1. The zero-order chi connectivity index (χ0) is 23.1. The number of hydrogen-bond acceptors (Lipinski definition) is 5. The summed E-state index contributed by atoms with van der Waals surface area (Å²) in [5.41, 5.74) is 6.70. The van der Waals surface area contributed by atoms with E-state index < -0.39 is 24.5 Å². The van der Waals surface area contributed by atoms with Crippen LogP contribution in [0, 0.1) is 6.92 Å². The molecule has 7 heteroatoms. The first-order valence-electron chi connectivity index (χ1n) is 10.8. The molecule has 1 aliphatic carbocycles. The SMILES string of the molecule is Cc1ccsc1CC1=Cc2ccccc2C1C1C(=O)Nc2ccc(NC(=O)C(O)CO)cc21. The van der Waals surface area contributed by atoms with E-state index in [0.29, 0.717) is 5.69 Å². The average Bonchev–Trinajstić information content (AvgIpc) is 3.47. The fourth-order valence-corrected chi connectivity index (χ4v) is 5.68. The van der Waals surface area contributed by atoms with Gasteiger partial charge in [0.1, 0.15) is 0 Å². The molecule has 6 nitrogen and oxygen atoms in total. The van der Waals surface area contributed by atoms with Crippen molar-refractivity contribution in [2.45, 2.75) is 31.3 Å². The van der Waals surface area contributed by atoms with Gasteiger partial charge < -0.3 is 20.8 Å². The van der Waals surface area contributed by atoms with Gasteiger partial charge in [0.05, 0.1) is 12.5 Å². The summed E-state index contributed by atoms with van der Waals surface area (Å²) >= 11 is 1.73. The van der Waals surface area contributed by atoms with Crippen molar-refractivity contribution in [3.05, 3.63) is 86.6 Å². The summed E-state index contributed by atoms with van der Waals surface area (Å²) in [5.74, 6) is -1.31. The molecule has 1 aliphatic heterocycles. The lowest BCUT2D eigenvalue weighted by Gasteiger charge is -2.23. The van der Waals surface area contributed by atoms with E-state index in [1.165, 1.54) is 16.0 Å². The van der Waals surface area contributed by atoms with E-state index in [2.05, 4.69) is 47.2 Å². The Bertz CT molecular complexity index is 1280. The predicted octanol–water partition coefficient (Wildman–Crippen LogP) is 3.81. The fraction of sp³-hybridized carbons (Fsp3) is 0.231. The highest BCUT2D eigenvalue weighted by molar-refractivity contribution is 7.10. The van der Waals surface area contributed by atoms with Crippen molar-refractivity contribution in [1.82, 2.24) is 0 Å². The van der Waals surface area contributed by atoms with Crippen molar-refractivity contribution in [3.8, 4) is 0 Å². The van der Waals surface area contributed by atoms with Crippen LogP contribution in [0.2, 0.25) is 0 Å². The molecule has 0 saturated carbocycles. The molecule has 2 amide bonds. The van der Waals surface area contributed by atoms with Gasteiger partial charge >= 0.3 is 0 Å². The largest absolute Gasteiger partial charge is 0.393 e. The van der Waals surface area contributed by atoms with Gasteiger partial charge in [0.2, 0.25) is 5.91 Å². The number of fused-ring (bicyclic) bond motifs is 2. The molecule has 0 fully saturated rings. The molecule has 1 aromatic heterocycles. The summed E-state index contributed by atoms with van der Waals surface area (Å²) in [6, 6.07) is 15.5. The number of carbonyl (C=O) groups excluding carboxylic acids is 2. The van der Waals surface area contributed by atoms with E-state index in [1.807, 2.05) is 12.1 Å². The second-order valence-electron chi connectivity index (χ2n) is 8.49. The number of aryl methyl sites for hydroxylation is 1. The first-order valence-corrected chi connectivity index (χ1v) is 11.7. The Balaban J connectivity index is 1.53. The lowest BCUT2D eigenvalue weighted by molar-refractivity contribution is -0.125. The van der Waals surface area contributed by atoms with E-state index in [-0.39, 0.29) is 11.8 Å². The van der Waals surface area contributed by atoms with Gasteiger partial charge in [-0.25, -0.2) is 0 Å². The molecule has 0 radical (unpaired) electrons. The predicted molar refractivity (Wildman–Crippen MR) is 129 cm³/mol. The van der Waals surface area contributed by atoms with Gasteiger partial charge in [0, 0.05) is 28.6 Å². The monoisotopic (exact) mass is 460 g/mol. The molecule has 2 aliphatic rings. The van der Waals surface area contributed by atoms with Gasteiger partial charge in [0.15, 0.2) is 6.10 Å². The van der Waals surface area contributed by atoms with Crippen molar-refractivity contribution in [2.24, 2.45) is 0 Å². The van der Waals surface area contributed by atoms with Gasteiger partial charge in [0.25, 0.3) is 5.91 Å². The smallest absolute Gasteiger partial charge is 0.255 e. The van der Waals surface area contributed by atoms with Crippen molar-refractivity contribution in [1.29, 1.82) is 0 Å². The number of anilines is 2. The molecule has 2 heterocycles. The standard InChI is InChI=1S/C26H24N2O4S/c1-14-8-9-33-22(14)11-16-10-15-4-2-3-5-18(15)23(16)24-19-12-17(27-25(31)21(30)13-29)6-7-20(19)28-26(24)32/h2-10,12,21,23-24,29-30H,11,13H2,1H3,(H,27,31)(H,28,32). The van der Waals surface area contributed by atoms with Crippen LogP contribution in [0.25, 0.3) is 6.08 Å². The molecule has 5 rings (SSSR count).